The highest BCUT2D eigenvalue weighted by Gasteiger charge is 2.24. The minimum atomic E-state index is -0.0355. The zero-order valence-corrected chi connectivity index (χ0v) is 17.4. The largest absolute Gasteiger partial charge is 0.492 e. The molecule has 1 heterocycles. The number of ether oxygens (including phenoxy) is 1. The van der Waals surface area contributed by atoms with E-state index in [-0.39, 0.29) is 12.1 Å². The van der Waals surface area contributed by atoms with E-state index in [2.05, 4.69) is 32.2 Å². The maximum atomic E-state index is 12.6. The molecule has 1 atom stereocenters. The van der Waals surface area contributed by atoms with Gasteiger partial charge in [0.2, 0.25) is 0 Å². The van der Waals surface area contributed by atoms with Gasteiger partial charge in [-0.3, -0.25) is 0 Å². The number of nitrogens with zero attached hydrogens (tertiary/aromatic N) is 2. The zero-order valence-electron chi connectivity index (χ0n) is 15.8. The van der Waals surface area contributed by atoms with Gasteiger partial charge in [0.05, 0.1) is 18.3 Å². The van der Waals surface area contributed by atoms with E-state index in [1.165, 1.54) is 0 Å². The second-order valence-electron chi connectivity index (χ2n) is 6.60. The van der Waals surface area contributed by atoms with Crippen LogP contribution in [-0.2, 0) is 0 Å². The van der Waals surface area contributed by atoms with Crippen LogP contribution in [0.3, 0.4) is 0 Å². The first-order chi connectivity index (χ1) is 13.1. The number of benzene rings is 2. The number of carbonyl (C=O) groups excluding carboxylic acids is 1. The Morgan fingerprint density at radius 3 is 2.59 bits per heavy atom. The van der Waals surface area contributed by atoms with Gasteiger partial charge in [-0.2, -0.15) is 0 Å². The molecule has 2 aromatic rings. The molecule has 0 aliphatic carbocycles. The van der Waals surface area contributed by atoms with E-state index in [0.29, 0.717) is 19.7 Å². The zero-order chi connectivity index (χ0) is 19.2. The Morgan fingerprint density at radius 2 is 1.89 bits per heavy atom. The van der Waals surface area contributed by atoms with Crippen LogP contribution < -0.4 is 15.0 Å². The average Bonchev–Trinajstić information content (AvgIpc) is 2.69. The molecule has 1 aliphatic heterocycles. The highest BCUT2D eigenvalue weighted by Crippen LogP contribution is 2.29. The summed E-state index contributed by atoms with van der Waals surface area (Å²) < 4.78 is 6.75. The van der Waals surface area contributed by atoms with Crippen molar-refractivity contribution in [3.05, 3.63) is 58.6 Å². The Morgan fingerprint density at radius 1 is 1.15 bits per heavy atom. The third-order valence-corrected chi connectivity index (χ3v) is 5.25. The molecule has 6 heteroatoms. The summed E-state index contributed by atoms with van der Waals surface area (Å²) >= 11 is 3.48. The lowest BCUT2D eigenvalue weighted by molar-refractivity contribution is 0.191. The summed E-state index contributed by atoms with van der Waals surface area (Å²) in [4.78, 5) is 16.8. The number of halogens is 1. The predicted molar refractivity (Wildman–Crippen MR) is 112 cm³/mol. The second kappa shape index (κ2) is 9.13. The van der Waals surface area contributed by atoms with Crippen LogP contribution in [-0.4, -0.2) is 43.7 Å². The van der Waals surface area contributed by atoms with Gasteiger partial charge in [-0.25, -0.2) is 4.79 Å². The molecule has 1 N–H and O–H groups in total. The second-order valence-corrected chi connectivity index (χ2v) is 7.52. The summed E-state index contributed by atoms with van der Waals surface area (Å²) in [6, 6.07) is 16.1. The van der Waals surface area contributed by atoms with Crippen molar-refractivity contribution in [2.75, 3.05) is 37.7 Å². The molecule has 2 amide bonds. The molecule has 1 fully saturated rings. The first kappa shape index (κ1) is 19.5. The molecule has 3 rings (SSSR count). The molecule has 1 aliphatic rings. The molecule has 144 valence electrons. The summed E-state index contributed by atoms with van der Waals surface area (Å²) in [6.45, 7) is 7.62. The fraction of sp³-hybridized carbons (Fsp3) is 0.381. The topological polar surface area (TPSA) is 44.8 Å². The summed E-state index contributed by atoms with van der Waals surface area (Å²) in [5.41, 5.74) is 2.18. The lowest BCUT2D eigenvalue weighted by atomic mass is 10.1. The summed E-state index contributed by atoms with van der Waals surface area (Å²) in [5.74, 6) is 0.904. The number of hydrogen-bond donors (Lipinski definition) is 1. The van der Waals surface area contributed by atoms with Gasteiger partial charge in [0.15, 0.2) is 0 Å². The van der Waals surface area contributed by atoms with E-state index in [4.69, 9.17) is 4.74 Å². The number of rotatable bonds is 5. The molecule has 0 saturated carbocycles. The third kappa shape index (κ3) is 4.95. The van der Waals surface area contributed by atoms with Crippen LogP contribution in [0.25, 0.3) is 0 Å². The molecule has 0 spiro atoms. The van der Waals surface area contributed by atoms with Crippen LogP contribution >= 0.6 is 15.9 Å². The van der Waals surface area contributed by atoms with Crippen LogP contribution in [0.2, 0.25) is 0 Å². The number of hydrogen-bond acceptors (Lipinski definition) is 3. The fourth-order valence-electron chi connectivity index (χ4n) is 3.28. The summed E-state index contributed by atoms with van der Waals surface area (Å²) in [5, 5.41) is 3.10. The van der Waals surface area contributed by atoms with Gasteiger partial charge in [0.25, 0.3) is 0 Å². The van der Waals surface area contributed by atoms with Crippen LogP contribution in [0, 0.1) is 0 Å². The number of carbonyl (C=O) groups is 1. The van der Waals surface area contributed by atoms with Gasteiger partial charge >= 0.3 is 6.03 Å². The third-order valence-electron chi connectivity index (χ3n) is 4.76. The minimum absolute atomic E-state index is 0.0137. The molecule has 0 unspecified atom stereocenters. The lowest BCUT2D eigenvalue weighted by Crippen LogP contribution is -2.52. The first-order valence-electron chi connectivity index (χ1n) is 9.36. The van der Waals surface area contributed by atoms with Gasteiger partial charge in [-0.1, -0.05) is 40.2 Å². The molecular formula is C21H26BrN3O2. The highest BCUT2D eigenvalue weighted by molar-refractivity contribution is 9.10. The molecule has 1 saturated heterocycles. The Labute approximate surface area is 169 Å². The highest BCUT2D eigenvalue weighted by atomic mass is 79.9. The molecule has 2 aromatic carbocycles. The summed E-state index contributed by atoms with van der Waals surface area (Å²) in [6.07, 6.45) is 0. The van der Waals surface area contributed by atoms with Crippen molar-refractivity contribution < 1.29 is 9.53 Å². The Hall–Kier alpha value is -2.21. The van der Waals surface area contributed by atoms with Crippen molar-refractivity contribution >= 4 is 27.6 Å². The van der Waals surface area contributed by atoms with Crippen molar-refractivity contribution in [1.29, 1.82) is 0 Å². The molecule has 0 radical (unpaired) electrons. The maximum Gasteiger partial charge on any atom is 0.317 e. The molecule has 0 aromatic heterocycles. The standard InChI is InChI=1S/C21H26BrN3O2/c1-3-27-20-10-5-4-9-19(20)24-11-13-25(14-12-24)21(26)23-16(2)17-7-6-8-18(22)15-17/h4-10,15-16H,3,11-14H2,1-2H3,(H,23,26)/t16-/m0/s1. The molecule has 27 heavy (non-hydrogen) atoms. The van der Waals surface area contributed by atoms with Gasteiger partial charge in [0, 0.05) is 30.7 Å². The summed E-state index contributed by atoms with van der Waals surface area (Å²) in [7, 11) is 0. The molecule has 5 nitrogen and oxygen atoms in total. The van der Waals surface area contributed by atoms with Crippen LogP contribution in [0.4, 0.5) is 10.5 Å². The number of amides is 2. The van der Waals surface area contributed by atoms with Crippen molar-refractivity contribution in [3.8, 4) is 5.75 Å². The number of anilines is 1. The monoisotopic (exact) mass is 431 g/mol. The van der Waals surface area contributed by atoms with Crippen molar-refractivity contribution in [2.45, 2.75) is 19.9 Å². The van der Waals surface area contributed by atoms with E-state index >= 15 is 0 Å². The molecular weight excluding hydrogens is 406 g/mol. The number of piperazine rings is 1. The van der Waals surface area contributed by atoms with Crippen molar-refractivity contribution in [2.24, 2.45) is 0 Å². The van der Waals surface area contributed by atoms with Crippen LogP contribution in [0.5, 0.6) is 5.75 Å². The number of urea groups is 1. The van der Waals surface area contributed by atoms with Gasteiger partial charge in [0.1, 0.15) is 5.75 Å². The van der Waals surface area contributed by atoms with E-state index in [0.717, 1.165) is 34.6 Å². The normalized spacial score (nSPS) is 15.4. The van der Waals surface area contributed by atoms with E-state index < -0.39 is 0 Å². The van der Waals surface area contributed by atoms with E-state index in [1.54, 1.807) is 0 Å². The fourth-order valence-corrected chi connectivity index (χ4v) is 3.70. The lowest BCUT2D eigenvalue weighted by Gasteiger charge is -2.37. The Kier molecular flexibility index (Phi) is 6.61. The predicted octanol–water partition coefficient (Wildman–Crippen LogP) is 4.44. The average molecular weight is 432 g/mol. The van der Waals surface area contributed by atoms with Crippen molar-refractivity contribution in [1.82, 2.24) is 10.2 Å². The first-order valence-corrected chi connectivity index (χ1v) is 10.2. The Balaban J connectivity index is 1.56. The minimum Gasteiger partial charge on any atom is -0.492 e. The van der Waals surface area contributed by atoms with Crippen molar-refractivity contribution in [3.63, 3.8) is 0 Å². The van der Waals surface area contributed by atoms with Gasteiger partial charge in [-0.15, -0.1) is 0 Å². The van der Waals surface area contributed by atoms with Crippen LogP contribution in [0.15, 0.2) is 53.0 Å². The van der Waals surface area contributed by atoms with E-state index in [9.17, 15) is 4.79 Å². The number of para-hydroxylation sites is 2. The number of nitrogens with one attached hydrogen (secondary N) is 1. The Bertz CT molecular complexity index is 776. The SMILES string of the molecule is CCOc1ccccc1N1CCN(C(=O)N[C@@H](C)c2cccc(Br)c2)CC1. The molecule has 0 bridgehead atoms. The smallest absolute Gasteiger partial charge is 0.317 e. The van der Waals surface area contributed by atoms with E-state index in [1.807, 2.05) is 61.2 Å². The van der Waals surface area contributed by atoms with Gasteiger partial charge in [-0.05, 0) is 43.7 Å². The maximum absolute atomic E-state index is 12.6. The van der Waals surface area contributed by atoms with Crippen LogP contribution in [0.1, 0.15) is 25.5 Å². The quantitative estimate of drug-likeness (QED) is 0.760. The van der Waals surface area contributed by atoms with Gasteiger partial charge < -0.3 is 19.9 Å².